The number of rotatable bonds is 6. The van der Waals surface area contributed by atoms with Gasteiger partial charge in [0, 0.05) is 19.5 Å². The molecule has 1 aliphatic rings. The van der Waals surface area contributed by atoms with Gasteiger partial charge in [-0.2, -0.15) is 0 Å². The Balaban J connectivity index is 2.47. The number of carboxylic acid groups (broad SMARTS) is 1. The van der Waals surface area contributed by atoms with Crippen LogP contribution in [0.15, 0.2) is 0 Å². The molecule has 5 heteroatoms. The highest BCUT2D eigenvalue weighted by Gasteiger charge is 2.27. The van der Waals surface area contributed by atoms with Gasteiger partial charge < -0.3 is 14.7 Å². The van der Waals surface area contributed by atoms with Crippen molar-refractivity contribution in [1.29, 1.82) is 0 Å². The van der Waals surface area contributed by atoms with Crippen LogP contribution in [0, 0.1) is 11.3 Å². The van der Waals surface area contributed by atoms with Crippen molar-refractivity contribution >= 4 is 12.1 Å². The lowest BCUT2D eigenvalue weighted by Crippen LogP contribution is -2.39. The largest absolute Gasteiger partial charge is 0.481 e. The topological polar surface area (TPSA) is 66.8 Å². The maximum atomic E-state index is 11.5. The first kappa shape index (κ1) is 15.8. The summed E-state index contributed by atoms with van der Waals surface area (Å²) in [6, 6.07) is 0. The molecule has 0 saturated carbocycles. The number of amides is 1. The summed E-state index contributed by atoms with van der Waals surface area (Å²) in [6.07, 6.45) is 2.30. The zero-order chi connectivity index (χ0) is 14.5. The smallest absolute Gasteiger partial charge is 0.409 e. The van der Waals surface area contributed by atoms with Crippen LogP contribution in [0.4, 0.5) is 4.79 Å². The van der Waals surface area contributed by atoms with Crippen LogP contribution in [0.2, 0.25) is 0 Å². The molecule has 0 aromatic carbocycles. The summed E-state index contributed by atoms with van der Waals surface area (Å²) in [5, 5.41) is 8.80. The van der Waals surface area contributed by atoms with E-state index in [1.807, 2.05) is 0 Å². The van der Waals surface area contributed by atoms with Crippen molar-refractivity contribution in [3.8, 4) is 0 Å². The van der Waals surface area contributed by atoms with E-state index in [9.17, 15) is 9.59 Å². The molecule has 5 nitrogen and oxygen atoms in total. The fourth-order valence-corrected chi connectivity index (χ4v) is 2.42. The Morgan fingerprint density at radius 3 is 2.63 bits per heavy atom. The van der Waals surface area contributed by atoms with Gasteiger partial charge in [0.15, 0.2) is 0 Å². The summed E-state index contributed by atoms with van der Waals surface area (Å²) >= 11 is 0. The average Bonchev–Trinajstić information content (AvgIpc) is 2.29. The molecular formula is C14H25NO4. The summed E-state index contributed by atoms with van der Waals surface area (Å²) in [5.41, 5.74) is 0.0507. The van der Waals surface area contributed by atoms with Gasteiger partial charge in [0.2, 0.25) is 0 Å². The minimum atomic E-state index is -0.758. The predicted molar refractivity (Wildman–Crippen MR) is 72.0 cm³/mol. The van der Waals surface area contributed by atoms with Crippen LogP contribution >= 0.6 is 0 Å². The van der Waals surface area contributed by atoms with Gasteiger partial charge in [0.25, 0.3) is 0 Å². The van der Waals surface area contributed by atoms with Crippen molar-refractivity contribution in [2.75, 3.05) is 19.7 Å². The maximum absolute atomic E-state index is 11.5. The van der Waals surface area contributed by atoms with Gasteiger partial charge in [-0.05, 0) is 30.6 Å². The van der Waals surface area contributed by atoms with Crippen LogP contribution in [0.25, 0.3) is 0 Å². The molecule has 0 bridgehead atoms. The van der Waals surface area contributed by atoms with E-state index < -0.39 is 5.97 Å². The number of hydrogen-bond donors (Lipinski definition) is 1. The highest BCUT2D eigenvalue weighted by atomic mass is 16.6. The van der Waals surface area contributed by atoms with Crippen LogP contribution in [0.5, 0.6) is 0 Å². The molecule has 1 heterocycles. The first-order valence-corrected chi connectivity index (χ1v) is 6.94. The van der Waals surface area contributed by atoms with Crippen LogP contribution in [-0.4, -0.2) is 41.8 Å². The molecule has 110 valence electrons. The van der Waals surface area contributed by atoms with E-state index in [0.717, 1.165) is 19.4 Å². The fraction of sp³-hybridized carbons (Fsp3) is 0.857. The summed E-state index contributed by atoms with van der Waals surface area (Å²) in [7, 11) is 0. The average molecular weight is 271 g/mol. The SMILES string of the molecule is CC(C)(C)C(CCC(=O)O)CCN1CCCOC1=O. The summed E-state index contributed by atoms with van der Waals surface area (Å²) < 4.78 is 5.00. The Hall–Kier alpha value is -1.26. The van der Waals surface area contributed by atoms with Crippen molar-refractivity contribution in [2.45, 2.75) is 46.5 Å². The molecule has 1 saturated heterocycles. The Morgan fingerprint density at radius 1 is 1.42 bits per heavy atom. The Kier molecular flexibility index (Phi) is 5.63. The van der Waals surface area contributed by atoms with Gasteiger partial charge in [0.05, 0.1) is 6.61 Å². The number of cyclic esters (lactones) is 1. The van der Waals surface area contributed by atoms with E-state index >= 15 is 0 Å². The Labute approximate surface area is 114 Å². The van der Waals surface area contributed by atoms with Crippen molar-refractivity contribution in [1.82, 2.24) is 4.90 Å². The Bertz CT molecular complexity index is 322. The van der Waals surface area contributed by atoms with E-state index in [4.69, 9.17) is 9.84 Å². The minimum Gasteiger partial charge on any atom is -0.481 e. The number of ether oxygens (including phenoxy) is 1. The number of carboxylic acids is 1. The van der Waals surface area contributed by atoms with Crippen LogP contribution < -0.4 is 0 Å². The fourth-order valence-electron chi connectivity index (χ4n) is 2.42. The van der Waals surface area contributed by atoms with E-state index in [2.05, 4.69) is 20.8 Å². The minimum absolute atomic E-state index is 0.0507. The predicted octanol–water partition coefficient (Wildman–Crippen LogP) is 2.75. The zero-order valence-corrected chi connectivity index (χ0v) is 12.1. The third-order valence-electron chi connectivity index (χ3n) is 3.73. The van der Waals surface area contributed by atoms with E-state index in [1.165, 1.54) is 0 Å². The van der Waals surface area contributed by atoms with Crippen LogP contribution in [0.3, 0.4) is 0 Å². The number of nitrogens with zero attached hydrogens (tertiary/aromatic N) is 1. The van der Waals surface area contributed by atoms with Crippen LogP contribution in [0.1, 0.15) is 46.5 Å². The highest BCUT2D eigenvalue weighted by molar-refractivity contribution is 5.68. The number of carbonyl (C=O) groups excluding carboxylic acids is 1. The summed E-state index contributed by atoms with van der Waals surface area (Å²) in [5.74, 6) is -0.468. The molecule has 1 fully saturated rings. The molecule has 1 amide bonds. The van der Waals surface area contributed by atoms with Crippen LogP contribution in [-0.2, 0) is 9.53 Å². The van der Waals surface area contributed by atoms with Gasteiger partial charge >= 0.3 is 12.1 Å². The zero-order valence-electron chi connectivity index (χ0n) is 12.1. The van der Waals surface area contributed by atoms with Crippen molar-refractivity contribution in [3.63, 3.8) is 0 Å². The second kappa shape index (κ2) is 6.78. The third-order valence-corrected chi connectivity index (χ3v) is 3.73. The van der Waals surface area contributed by atoms with Crippen molar-refractivity contribution in [2.24, 2.45) is 11.3 Å². The highest BCUT2D eigenvalue weighted by Crippen LogP contribution is 2.32. The first-order valence-electron chi connectivity index (χ1n) is 6.94. The normalized spacial score (nSPS) is 18.1. The first-order chi connectivity index (χ1) is 8.80. The molecule has 0 aromatic rings. The quantitative estimate of drug-likeness (QED) is 0.806. The molecule has 1 N–H and O–H groups in total. The second-order valence-electron chi connectivity index (χ2n) is 6.24. The lowest BCUT2D eigenvalue weighted by atomic mass is 9.76. The number of carbonyl (C=O) groups is 2. The van der Waals surface area contributed by atoms with Crippen molar-refractivity contribution < 1.29 is 19.4 Å². The molecule has 1 aliphatic heterocycles. The van der Waals surface area contributed by atoms with E-state index in [-0.39, 0.29) is 17.9 Å². The van der Waals surface area contributed by atoms with E-state index in [1.54, 1.807) is 4.90 Å². The molecule has 1 unspecified atom stereocenters. The second-order valence-corrected chi connectivity index (χ2v) is 6.24. The van der Waals surface area contributed by atoms with Gasteiger partial charge in [-0.3, -0.25) is 4.79 Å². The maximum Gasteiger partial charge on any atom is 0.409 e. The molecule has 0 aliphatic carbocycles. The molecule has 1 rings (SSSR count). The summed E-state index contributed by atoms with van der Waals surface area (Å²) in [4.78, 5) is 24.0. The summed E-state index contributed by atoms with van der Waals surface area (Å²) in [6.45, 7) is 8.27. The number of hydrogen-bond acceptors (Lipinski definition) is 3. The molecule has 0 spiro atoms. The lowest BCUT2D eigenvalue weighted by molar-refractivity contribution is -0.137. The van der Waals surface area contributed by atoms with Gasteiger partial charge in [-0.25, -0.2) is 4.79 Å². The molecule has 19 heavy (non-hydrogen) atoms. The molecular weight excluding hydrogens is 246 g/mol. The van der Waals surface area contributed by atoms with Crippen molar-refractivity contribution in [3.05, 3.63) is 0 Å². The van der Waals surface area contributed by atoms with Gasteiger partial charge in [0.1, 0.15) is 0 Å². The van der Waals surface area contributed by atoms with Gasteiger partial charge in [-0.15, -0.1) is 0 Å². The standard InChI is InChI=1S/C14H25NO4/c1-14(2,3)11(5-6-12(16)17)7-9-15-8-4-10-19-13(15)18/h11H,4-10H2,1-3H3,(H,16,17). The molecule has 0 aromatic heterocycles. The monoisotopic (exact) mass is 271 g/mol. The van der Waals surface area contributed by atoms with Gasteiger partial charge in [-0.1, -0.05) is 20.8 Å². The third kappa shape index (κ3) is 5.49. The lowest BCUT2D eigenvalue weighted by Gasteiger charge is -2.33. The molecule has 1 atom stereocenters. The molecule has 0 radical (unpaired) electrons. The Morgan fingerprint density at radius 2 is 2.11 bits per heavy atom. The number of aliphatic carboxylic acids is 1. The van der Waals surface area contributed by atoms with E-state index in [0.29, 0.717) is 25.5 Å².